The Bertz CT molecular complexity index is 424. The third-order valence-corrected chi connectivity index (χ3v) is 2.03. The van der Waals surface area contributed by atoms with E-state index in [9.17, 15) is 4.79 Å². The van der Waals surface area contributed by atoms with Gasteiger partial charge in [-0.2, -0.15) is 0 Å². The molecule has 0 saturated heterocycles. The number of carbonyl (C=O) groups excluding carboxylic acids is 1. The van der Waals surface area contributed by atoms with E-state index >= 15 is 0 Å². The van der Waals surface area contributed by atoms with Gasteiger partial charge in [-0.15, -0.1) is 6.42 Å². The fourth-order valence-corrected chi connectivity index (χ4v) is 1.25. The highest BCUT2D eigenvalue weighted by Crippen LogP contribution is 2.23. The van der Waals surface area contributed by atoms with Gasteiger partial charge in [-0.05, 0) is 26.0 Å². The second-order valence-corrected chi connectivity index (χ2v) is 3.42. The van der Waals surface area contributed by atoms with Crippen LogP contribution in [-0.4, -0.2) is 18.7 Å². The molecular weight excluding hydrogens is 216 g/mol. The summed E-state index contributed by atoms with van der Waals surface area (Å²) in [6.45, 7) is 4.16. The van der Waals surface area contributed by atoms with Crippen molar-refractivity contribution in [2.45, 2.75) is 19.9 Å². The quantitative estimate of drug-likeness (QED) is 0.782. The summed E-state index contributed by atoms with van der Waals surface area (Å²) in [5.74, 6) is 3.06. The predicted octanol–water partition coefficient (Wildman–Crippen LogP) is 2.23. The van der Waals surface area contributed by atoms with Gasteiger partial charge in [-0.25, -0.2) is 4.79 Å². The summed E-state index contributed by atoms with van der Waals surface area (Å²) < 4.78 is 5.39. The number of hydrogen-bond donors (Lipinski definition) is 2. The van der Waals surface area contributed by atoms with Crippen LogP contribution in [0, 0.1) is 12.3 Å². The summed E-state index contributed by atoms with van der Waals surface area (Å²) in [5.41, 5.74) is 0.621. The molecule has 90 valence electrons. The molecule has 17 heavy (non-hydrogen) atoms. The van der Waals surface area contributed by atoms with Crippen molar-refractivity contribution in [3.05, 3.63) is 24.3 Å². The van der Waals surface area contributed by atoms with Gasteiger partial charge in [-0.1, -0.05) is 18.1 Å². The Morgan fingerprint density at radius 2 is 2.24 bits per heavy atom. The fourth-order valence-electron chi connectivity index (χ4n) is 1.25. The molecule has 0 unspecified atom stereocenters. The maximum Gasteiger partial charge on any atom is 0.320 e. The molecule has 1 aromatic carbocycles. The molecule has 0 spiro atoms. The largest absolute Gasteiger partial charge is 0.492 e. The van der Waals surface area contributed by atoms with Crippen LogP contribution in [0.5, 0.6) is 5.75 Å². The van der Waals surface area contributed by atoms with E-state index in [1.807, 2.05) is 19.1 Å². The van der Waals surface area contributed by atoms with Gasteiger partial charge in [0.05, 0.1) is 18.3 Å². The molecule has 0 aliphatic carbocycles. The first-order chi connectivity index (χ1) is 8.17. The first-order valence-electron chi connectivity index (χ1n) is 5.42. The Morgan fingerprint density at radius 3 is 2.88 bits per heavy atom. The average molecular weight is 232 g/mol. The predicted molar refractivity (Wildman–Crippen MR) is 68.1 cm³/mol. The van der Waals surface area contributed by atoms with Crippen LogP contribution in [0.2, 0.25) is 0 Å². The standard InChI is InChI=1S/C13H16N2O2/c1-4-10(3)14-13(16)15-11-8-6-7-9-12(11)17-5-2/h1,6-10H,5H2,2-3H3,(H2,14,15,16)/t10-/m0/s1. The van der Waals surface area contributed by atoms with Crippen LogP contribution in [0.25, 0.3) is 0 Å². The molecule has 0 radical (unpaired) electrons. The lowest BCUT2D eigenvalue weighted by Gasteiger charge is -2.13. The molecule has 1 atom stereocenters. The first kappa shape index (κ1) is 12.9. The van der Waals surface area contributed by atoms with Crippen LogP contribution in [0.1, 0.15) is 13.8 Å². The smallest absolute Gasteiger partial charge is 0.320 e. The van der Waals surface area contributed by atoms with Crippen molar-refractivity contribution < 1.29 is 9.53 Å². The highest BCUT2D eigenvalue weighted by Gasteiger charge is 2.08. The zero-order valence-electron chi connectivity index (χ0n) is 9.99. The number of hydrogen-bond acceptors (Lipinski definition) is 2. The normalized spacial score (nSPS) is 11.1. The maximum absolute atomic E-state index is 11.6. The van der Waals surface area contributed by atoms with E-state index in [1.165, 1.54) is 0 Å². The van der Waals surface area contributed by atoms with Crippen LogP contribution in [0.3, 0.4) is 0 Å². The molecule has 0 saturated carbocycles. The minimum absolute atomic E-state index is 0.311. The summed E-state index contributed by atoms with van der Waals surface area (Å²) in [7, 11) is 0. The molecule has 0 aliphatic heterocycles. The van der Waals surface area contributed by atoms with E-state index in [4.69, 9.17) is 11.2 Å². The van der Waals surface area contributed by atoms with E-state index in [2.05, 4.69) is 16.6 Å². The number of urea groups is 1. The van der Waals surface area contributed by atoms with Gasteiger partial charge >= 0.3 is 6.03 Å². The van der Waals surface area contributed by atoms with Crippen LogP contribution < -0.4 is 15.4 Å². The molecule has 1 aromatic rings. The van der Waals surface area contributed by atoms with Crippen LogP contribution >= 0.6 is 0 Å². The van der Waals surface area contributed by atoms with Gasteiger partial charge < -0.3 is 15.4 Å². The molecule has 0 aromatic heterocycles. The number of anilines is 1. The number of benzene rings is 1. The highest BCUT2D eigenvalue weighted by molar-refractivity contribution is 5.91. The number of amides is 2. The third-order valence-electron chi connectivity index (χ3n) is 2.03. The number of carbonyl (C=O) groups is 1. The number of nitrogens with one attached hydrogen (secondary N) is 2. The molecule has 4 nitrogen and oxygen atoms in total. The Hall–Kier alpha value is -2.15. The molecule has 2 amide bonds. The van der Waals surface area contributed by atoms with Crippen LogP contribution in [0.4, 0.5) is 10.5 Å². The Kier molecular flexibility index (Phi) is 4.89. The summed E-state index contributed by atoms with van der Waals surface area (Å²) in [5, 5.41) is 5.30. The topological polar surface area (TPSA) is 50.4 Å². The lowest BCUT2D eigenvalue weighted by Crippen LogP contribution is -2.35. The molecule has 0 heterocycles. The monoisotopic (exact) mass is 232 g/mol. The van der Waals surface area contributed by atoms with Gasteiger partial charge in [0.25, 0.3) is 0 Å². The van der Waals surface area contributed by atoms with E-state index in [0.717, 1.165) is 0 Å². The zero-order valence-corrected chi connectivity index (χ0v) is 9.99. The van der Waals surface area contributed by atoms with Crippen molar-refractivity contribution in [2.75, 3.05) is 11.9 Å². The molecule has 2 N–H and O–H groups in total. The third kappa shape index (κ3) is 4.07. The molecule has 0 fully saturated rings. The van der Waals surface area contributed by atoms with Gasteiger partial charge in [0.15, 0.2) is 0 Å². The van der Waals surface area contributed by atoms with Crippen molar-refractivity contribution in [1.29, 1.82) is 0 Å². The summed E-state index contributed by atoms with van der Waals surface area (Å²) in [6, 6.07) is 6.58. The molecule has 1 rings (SSSR count). The van der Waals surface area contributed by atoms with Crippen molar-refractivity contribution in [2.24, 2.45) is 0 Å². The SMILES string of the molecule is C#C[C@H](C)NC(=O)Nc1ccccc1OCC. The van der Waals surface area contributed by atoms with Crippen molar-refractivity contribution >= 4 is 11.7 Å². The highest BCUT2D eigenvalue weighted by atomic mass is 16.5. The van der Waals surface area contributed by atoms with Gasteiger partial charge in [0.2, 0.25) is 0 Å². The molecule has 4 heteroatoms. The summed E-state index contributed by atoms with van der Waals surface area (Å²) in [4.78, 5) is 11.6. The van der Waals surface area contributed by atoms with E-state index in [-0.39, 0.29) is 12.1 Å². The minimum Gasteiger partial charge on any atom is -0.492 e. The second-order valence-electron chi connectivity index (χ2n) is 3.42. The summed E-state index contributed by atoms with van der Waals surface area (Å²) >= 11 is 0. The molecular formula is C13H16N2O2. The number of terminal acetylenes is 1. The molecule has 0 aliphatic rings. The maximum atomic E-state index is 11.6. The van der Waals surface area contributed by atoms with E-state index in [0.29, 0.717) is 18.0 Å². The van der Waals surface area contributed by atoms with Crippen molar-refractivity contribution in [3.63, 3.8) is 0 Å². The number of rotatable bonds is 4. The number of ether oxygens (including phenoxy) is 1. The lowest BCUT2D eigenvalue weighted by molar-refractivity contribution is 0.251. The molecule has 0 bridgehead atoms. The van der Waals surface area contributed by atoms with Gasteiger partial charge in [-0.3, -0.25) is 0 Å². The lowest BCUT2D eigenvalue weighted by atomic mass is 10.3. The van der Waals surface area contributed by atoms with Crippen molar-refractivity contribution in [3.8, 4) is 18.1 Å². The summed E-state index contributed by atoms with van der Waals surface area (Å²) in [6.07, 6.45) is 5.17. The van der Waals surface area contributed by atoms with Crippen molar-refractivity contribution in [1.82, 2.24) is 5.32 Å². The zero-order chi connectivity index (χ0) is 12.7. The number of para-hydroxylation sites is 2. The van der Waals surface area contributed by atoms with Crippen LogP contribution in [-0.2, 0) is 0 Å². The second kappa shape index (κ2) is 6.44. The fraction of sp³-hybridized carbons (Fsp3) is 0.308. The van der Waals surface area contributed by atoms with Gasteiger partial charge in [0.1, 0.15) is 5.75 Å². The first-order valence-corrected chi connectivity index (χ1v) is 5.42. The average Bonchev–Trinajstić information content (AvgIpc) is 2.31. The Labute approximate surface area is 101 Å². The van der Waals surface area contributed by atoms with Gasteiger partial charge in [0, 0.05) is 0 Å². The van der Waals surface area contributed by atoms with E-state index in [1.54, 1.807) is 19.1 Å². The Morgan fingerprint density at radius 1 is 1.53 bits per heavy atom. The Balaban J connectivity index is 2.68. The van der Waals surface area contributed by atoms with E-state index < -0.39 is 0 Å². The minimum atomic E-state index is -0.345. The van der Waals surface area contributed by atoms with Crippen LogP contribution in [0.15, 0.2) is 24.3 Å².